The molecule has 2 heterocycles. The fraction of sp³-hybridized carbons (Fsp3) is 0.611. The highest BCUT2D eigenvalue weighted by molar-refractivity contribution is 5.78. The van der Waals surface area contributed by atoms with E-state index in [-0.39, 0.29) is 5.92 Å². The van der Waals surface area contributed by atoms with Crippen molar-refractivity contribution in [1.82, 2.24) is 10.2 Å². The van der Waals surface area contributed by atoms with Crippen molar-refractivity contribution in [2.75, 3.05) is 20.2 Å². The van der Waals surface area contributed by atoms with E-state index >= 15 is 0 Å². The molecule has 2 fully saturated rings. The first kappa shape index (κ1) is 15.3. The molecule has 0 spiro atoms. The van der Waals surface area contributed by atoms with Crippen molar-refractivity contribution in [3.8, 4) is 5.75 Å². The van der Waals surface area contributed by atoms with Gasteiger partial charge in [-0.1, -0.05) is 19.1 Å². The van der Waals surface area contributed by atoms with Crippen LogP contribution in [0.3, 0.4) is 0 Å². The zero-order chi connectivity index (χ0) is 15.5. The molecule has 3 unspecified atom stereocenters. The molecule has 2 saturated heterocycles. The van der Waals surface area contributed by atoms with Gasteiger partial charge in [-0.2, -0.15) is 0 Å². The van der Waals surface area contributed by atoms with E-state index < -0.39 is 0 Å². The molecule has 3 rings (SSSR count). The summed E-state index contributed by atoms with van der Waals surface area (Å²) in [6.45, 7) is 4.13. The van der Waals surface area contributed by atoms with Crippen LogP contribution in [0, 0.1) is 0 Å². The molecule has 22 heavy (non-hydrogen) atoms. The molecule has 1 aromatic rings. The molecule has 1 amide bonds. The number of ether oxygens (including phenoxy) is 1. The molecular weight excluding hydrogens is 276 g/mol. The van der Waals surface area contributed by atoms with Crippen molar-refractivity contribution in [3.63, 3.8) is 0 Å². The smallest absolute Gasteiger partial charge is 0.223 e. The van der Waals surface area contributed by atoms with Crippen LogP contribution < -0.4 is 10.1 Å². The second-order valence-corrected chi connectivity index (χ2v) is 6.56. The number of benzene rings is 1. The Balaban J connectivity index is 1.65. The van der Waals surface area contributed by atoms with E-state index in [1.807, 2.05) is 12.1 Å². The summed E-state index contributed by atoms with van der Waals surface area (Å²) in [6, 6.07) is 8.93. The lowest BCUT2D eigenvalue weighted by molar-refractivity contribution is -0.134. The molecule has 0 radical (unpaired) electrons. The third kappa shape index (κ3) is 3.12. The van der Waals surface area contributed by atoms with Crippen LogP contribution in [0.4, 0.5) is 0 Å². The summed E-state index contributed by atoms with van der Waals surface area (Å²) in [5.74, 6) is 1.42. The molecule has 2 aliphatic heterocycles. The molecule has 1 N–H and O–H groups in total. The lowest BCUT2D eigenvalue weighted by atomic mass is 9.96. The van der Waals surface area contributed by atoms with Gasteiger partial charge < -0.3 is 15.0 Å². The molecule has 0 saturated carbocycles. The molecule has 0 aliphatic carbocycles. The molecule has 3 atom stereocenters. The molecule has 4 nitrogen and oxygen atoms in total. The number of methoxy groups -OCH3 is 1. The molecule has 0 aromatic heterocycles. The van der Waals surface area contributed by atoms with Crippen LogP contribution in [0.1, 0.15) is 44.1 Å². The minimum absolute atomic E-state index is 0.244. The molecular formula is C18H26N2O2. The average molecular weight is 302 g/mol. The minimum Gasteiger partial charge on any atom is -0.497 e. The standard InChI is InChI=1S/C18H26N2O2/c1-13(14-3-7-17(22-2)8-4-14)11-18(21)20-15-5-6-16(20)12-19-10-9-15/h3-4,7-8,13,15-16,19H,5-6,9-12H2,1-2H3. The van der Waals surface area contributed by atoms with Crippen molar-refractivity contribution in [2.24, 2.45) is 0 Å². The molecule has 2 bridgehead atoms. The fourth-order valence-electron chi connectivity index (χ4n) is 3.81. The van der Waals surface area contributed by atoms with Gasteiger partial charge in [0.1, 0.15) is 5.75 Å². The van der Waals surface area contributed by atoms with Gasteiger partial charge in [-0.3, -0.25) is 4.79 Å². The van der Waals surface area contributed by atoms with Gasteiger partial charge >= 0.3 is 0 Å². The summed E-state index contributed by atoms with van der Waals surface area (Å²) >= 11 is 0. The lowest BCUT2D eigenvalue weighted by Crippen LogP contribution is -2.42. The first-order chi connectivity index (χ1) is 10.7. The Labute approximate surface area is 132 Å². The third-order valence-corrected chi connectivity index (χ3v) is 5.11. The maximum Gasteiger partial charge on any atom is 0.223 e. The summed E-state index contributed by atoms with van der Waals surface area (Å²) in [5.41, 5.74) is 1.20. The highest BCUT2D eigenvalue weighted by Gasteiger charge is 2.38. The van der Waals surface area contributed by atoms with Crippen molar-refractivity contribution in [3.05, 3.63) is 29.8 Å². The normalized spacial score (nSPS) is 25.6. The Morgan fingerprint density at radius 2 is 2.00 bits per heavy atom. The van der Waals surface area contributed by atoms with Crippen LogP contribution >= 0.6 is 0 Å². The van der Waals surface area contributed by atoms with E-state index in [0.717, 1.165) is 31.7 Å². The number of fused-ring (bicyclic) bond motifs is 2. The Morgan fingerprint density at radius 1 is 1.27 bits per heavy atom. The van der Waals surface area contributed by atoms with E-state index in [9.17, 15) is 4.79 Å². The second kappa shape index (κ2) is 6.69. The highest BCUT2D eigenvalue weighted by atomic mass is 16.5. The second-order valence-electron chi connectivity index (χ2n) is 6.56. The zero-order valence-electron chi connectivity index (χ0n) is 13.5. The monoisotopic (exact) mass is 302 g/mol. The lowest BCUT2D eigenvalue weighted by Gasteiger charge is -2.29. The van der Waals surface area contributed by atoms with Gasteiger partial charge in [0.15, 0.2) is 0 Å². The van der Waals surface area contributed by atoms with Crippen molar-refractivity contribution in [1.29, 1.82) is 0 Å². The Morgan fingerprint density at radius 3 is 2.73 bits per heavy atom. The van der Waals surface area contributed by atoms with Gasteiger partial charge in [0, 0.05) is 25.0 Å². The van der Waals surface area contributed by atoms with Crippen LogP contribution in [0.15, 0.2) is 24.3 Å². The largest absolute Gasteiger partial charge is 0.497 e. The first-order valence-corrected chi connectivity index (χ1v) is 8.35. The van der Waals surface area contributed by atoms with Crippen LogP contribution in [0.25, 0.3) is 0 Å². The Hall–Kier alpha value is -1.55. The van der Waals surface area contributed by atoms with Crippen molar-refractivity contribution < 1.29 is 9.53 Å². The molecule has 1 aromatic carbocycles. The van der Waals surface area contributed by atoms with Crippen LogP contribution in [-0.2, 0) is 4.79 Å². The van der Waals surface area contributed by atoms with Gasteiger partial charge in [-0.25, -0.2) is 0 Å². The zero-order valence-corrected chi connectivity index (χ0v) is 13.5. The number of hydrogen-bond acceptors (Lipinski definition) is 3. The van der Waals surface area contributed by atoms with Gasteiger partial charge in [-0.15, -0.1) is 0 Å². The van der Waals surface area contributed by atoms with E-state index in [0.29, 0.717) is 24.4 Å². The predicted octanol–water partition coefficient (Wildman–Crippen LogP) is 2.54. The highest BCUT2D eigenvalue weighted by Crippen LogP contribution is 2.31. The summed E-state index contributed by atoms with van der Waals surface area (Å²) < 4.78 is 5.19. The first-order valence-electron chi connectivity index (χ1n) is 8.35. The van der Waals surface area contributed by atoms with E-state index in [4.69, 9.17) is 4.74 Å². The van der Waals surface area contributed by atoms with E-state index in [1.54, 1.807) is 7.11 Å². The van der Waals surface area contributed by atoms with Gasteiger partial charge in [-0.05, 0) is 49.4 Å². The van der Waals surface area contributed by atoms with Crippen molar-refractivity contribution >= 4 is 5.91 Å². The average Bonchev–Trinajstić information content (AvgIpc) is 2.80. The van der Waals surface area contributed by atoms with Crippen LogP contribution in [-0.4, -0.2) is 43.1 Å². The predicted molar refractivity (Wildman–Crippen MR) is 87.2 cm³/mol. The number of carbonyl (C=O) groups excluding carboxylic acids is 1. The number of hydrogen-bond donors (Lipinski definition) is 1. The molecule has 2 aliphatic rings. The fourth-order valence-corrected chi connectivity index (χ4v) is 3.81. The number of carbonyl (C=O) groups is 1. The summed E-state index contributed by atoms with van der Waals surface area (Å²) in [7, 11) is 1.67. The topological polar surface area (TPSA) is 41.6 Å². The quantitative estimate of drug-likeness (QED) is 0.929. The van der Waals surface area contributed by atoms with Gasteiger partial charge in [0.25, 0.3) is 0 Å². The number of amides is 1. The third-order valence-electron chi connectivity index (χ3n) is 5.11. The maximum absolute atomic E-state index is 12.8. The number of nitrogens with one attached hydrogen (secondary N) is 1. The minimum atomic E-state index is 0.244. The van der Waals surface area contributed by atoms with E-state index in [1.165, 1.54) is 12.0 Å². The summed E-state index contributed by atoms with van der Waals surface area (Å²) in [5, 5.41) is 3.45. The van der Waals surface area contributed by atoms with E-state index in [2.05, 4.69) is 29.3 Å². The Bertz CT molecular complexity index is 500. The van der Waals surface area contributed by atoms with Crippen LogP contribution in [0.5, 0.6) is 5.75 Å². The van der Waals surface area contributed by atoms with Gasteiger partial charge in [0.2, 0.25) is 5.91 Å². The summed E-state index contributed by atoms with van der Waals surface area (Å²) in [6.07, 6.45) is 4.02. The van der Waals surface area contributed by atoms with Crippen LogP contribution in [0.2, 0.25) is 0 Å². The maximum atomic E-state index is 12.8. The van der Waals surface area contributed by atoms with Crippen molar-refractivity contribution in [2.45, 2.75) is 50.6 Å². The molecule has 120 valence electrons. The number of nitrogens with zero attached hydrogens (tertiary/aromatic N) is 1. The summed E-state index contributed by atoms with van der Waals surface area (Å²) in [4.78, 5) is 15.0. The number of rotatable bonds is 4. The molecule has 4 heteroatoms. The SMILES string of the molecule is COc1ccc(C(C)CC(=O)N2C3CCNCC2CC3)cc1. The van der Waals surface area contributed by atoms with Gasteiger partial charge in [0.05, 0.1) is 7.11 Å². The Kier molecular flexibility index (Phi) is 4.67.